The molecule has 2 aliphatic heterocycles. The molecular formula is C13H16N8O2S2. The first-order valence-corrected chi connectivity index (χ1v) is 9.29. The molecule has 0 aliphatic carbocycles. The zero-order valence-corrected chi connectivity index (χ0v) is 15.0. The van der Waals surface area contributed by atoms with Crippen molar-refractivity contribution in [2.75, 3.05) is 31.1 Å². The second kappa shape index (κ2) is 6.63. The van der Waals surface area contributed by atoms with Crippen LogP contribution in [0.4, 0.5) is 10.9 Å². The Balaban J connectivity index is 1.37. The molecule has 0 aromatic carbocycles. The highest BCUT2D eigenvalue weighted by atomic mass is 32.2. The predicted molar refractivity (Wildman–Crippen MR) is 96.3 cm³/mol. The Morgan fingerprint density at radius 2 is 2.08 bits per heavy atom. The smallest absolute Gasteiger partial charge is 0.342 e. The van der Waals surface area contributed by atoms with Gasteiger partial charge >= 0.3 is 5.82 Å². The molecule has 1 fully saturated rings. The molecule has 12 heteroatoms. The van der Waals surface area contributed by atoms with Crippen LogP contribution in [0.3, 0.4) is 0 Å². The number of thiazole rings is 1. The summed E-state index contributed by atoms with van der Waals surface area (Å²) in [5.41, 5.74) is 3.20. The molecule has 0 radical (unpaired) electrons. The van der Waals surface area contributed by atoms with E-state index in [4.69, 9.17) is 0 Å². The number of nitrogens with one attached hydrogen (secondary N) is 1. The fourth-order valence-corrected chi connectivity index (χ4v) is 4.39. The quantitative estimate of drug-likeness (QED) is 0.478. The summed E-state index contributed by atoms with van der Waals surface area (Å²) in [4.78, 5) is 22.2. The number of rotatable bonds is 4. The zero-order valence-electron chi connectivity index (χ0n) is 13.4. The van der Waals surface area contributed by atoms with Gasteiger partial charge in [0.25, 0.3) is 0 Å². The van der Waals surface area contributed by atoms with Crippen molar-refractivity contribution in [2.24, 2.45) is 7.05 Å². The summed E-state index contributed by atoms with van der Waals surface area (Å²) in [6.45, 7) is 3.52. The minimum absolute atomic E-state index is 0.0213. The maximum atomic E-state index is 11.0. The largest absolute Gasteiger partial charge is 0.358 e. The summed E-state index contributed by atoms with van der Waals surface area (Å²) < 4.78 is 3.44. The first-order chi connectivity index (χ1) is 12.1. The molecule has 1 saturated heterocycles. The SMILES string of the molecule is Cn1c([N+](=O)[O-])cnc1C1=CNN(N2CCN(c3nccs3)CC2)S1. The minimum atomic E-state index is -0.431. The van der Waals surface area contributed by atoms with Crippen molar-refractivity contribution in [1.29, 1.82) is 0 Å². The summed E-state index contributed by atoms with van der Waals surface area (Å²) in [6.07, 6.45) is 4.93. The Morgan fingerprint density at radius 3 is 2.72 bits per heavy atom. The van der Waals surface area contributed by atoms with Gasteiger partial charge in [-0.1, -0.05) is 4.52 Å². The van der Waals surface area contributed by atoms with Crippen molar-refractivity contribution in [3.63, 3.8) is 0 Å². The molecule has 0 atom stereocenters. The van der Waals surface area contributed by atoms with Gasteiger partial charge < -0.3 is 20.4 Å². The first-order valence-electron chi connectivity index (χ1n) is 7.63. The molecule has 0 bridgehead atoms. The Hall–Kier alpha value is -2.15. The van der Waals surface area contributed by atoms with Crippen LogP contribution >= 0.6 is 23.3 Å². The van der Waals surface area contributed by atoms with E-state index in [1.54, 1.807) is 18.4 Å². The third kappa shape index (κ3) is 3.08. The van der Waals surface area contributed by atoms with Crippen molar-refractivity contribution in [1.82, 2.24) is 29.5 Å². The molecule has 1 N–H and O–H groups in total. The van der Waals surface area contributed by atoms with Crippen molar-refractivity contribution in [3.8, 4) is 0 Å². The van der Waals surface area contributed by atoms with Crippen LogP contribution in [0, 0.1) is 10.1 Å². The summed E-state index contributed by atoms with van der Waals surface area (Å²) in [7, 11) is 1.65. The Bertz CT molecular complexity index is 797. The number of nitrogens with zero attached hydrogens (tertiary/aromatic N) is 7. The number of hydrazine groups is 2. The summed E-state index contributed by atoms with van der Waals surface area (Å²) >= 11 is 3.13. The summed E-state index contributed by atoms with van der Waals surface area (Å²) in [6, 6.07) is 0. The fourth-order valence-electron chi connectivity index (χ4n) is 2.74. The molecule has 25 heavy (non-hydrogen) atoms. The second-order valence-electron chi connectivity index (χ2n) is 5.51. The lowest BCUT2D eigenvalue weighted by Crippen LogP contribution is -2.53. The number of aromatic nitrogens is 3. The molecule has 4 rings (SSSR count). The average Bonchev–Trinajstić information content (AvgIpc) is 3.35. The molecule has 2 aromatic heterocycles. The number of anilines is 1. The molecule has 2 aromatic rings. The van der Waals surface area contributed by atoms with E-state index in [0.717, 1.165) is 36.2 Å². The number of hydrogen-bond donors (Lipinski definition) is 1. The van der Waals surface area contributed by atoms with E-state index >= 15 is 0 Å². The van der Waals surface area contributed by atoms with Crippen molar-refractivity contribution < 1.29 is 4.92 Å². The van der Waals surface area contributed by atoms with Gasteiger partial charge in [-0.3, -0.25) is 0 Å². The second-order valence-corrected chi connectivity index (χ2v) is 7.35. The van der Waals surface area contributed by atoms with Crippen LogP contribution in [0.25, 0.3) is 4.91 Å². The minimum Gasteiger partial charge on any atom is -0.358 e. The molecule has 0 amide bonds. The van der Waals surface area contributed by atoms with Gasteiger partial charge in [0.05, 0.1) is 7.05 Å². The van der Waals surface area contributed by atoms with Gasteiger partial charge in [0.2, 0.25) is 5.82 Å². The third-order valence-electron chi connectivity index (χ3n) is 4.06. The van der Waals surface area contributed by atoms with E-state index < -0.39 is 4.92 Å². The Labute approximate surface area is 152 Å². The van der Waals surface area contributed by atoms with Crippen LogP contribution in [0.1, 0.15) is 5.82 Å². The van der Waals surface area contributed by atoms with E-state index in [2.05, 4.69) is 25.3 Å². The molecule has 0 unspecified atom stereocenters. The van der Waals surface area contributed by atoms with Crippen LogP contribution < -0.4 is 10.3 Å². The lowest BCUT2D eigenvalue weighted by molar-refractivity contribution is -0.391. The van der Waals surface area contributed by atoms with Crippen molar-refractivity contribution in [3.05, 3.63) is 39.9 Å². The summed E-state index contributed by atoms with van der Waals surface area (Å²) in [5, 5.41) is 16.2. The highest BCUT2D eigenvalue weighted by Gasteiger charge is 2.30. The average molecular weight is 380 g/mol. The molecule has 4 heterocycles. The molecular weight excluding hydrogens is 364 g/mol. The fraction of sp³-hybridized carbons (Fsp3) is 0.385. The Morgan fingerprint density at radius 1 is 1.28 bits per heavy atom. The van der Waals surface area contributed by atoms with E-state index in [-0.39, 0.29) is 5.82 Å². The Kier molecular flexibility index (Phi) is 4.33. The molecule has 0 spiro atoms. The first kappa shape index (κ1) is 16.3. The van der Waals surface area contributed by atoms with E-state index in [1.807, 2.05) is 22.3 Å². The van der Waals surface area contributed by atoms with Crippen LogP contribution in [-0.2, 0) is 7.05 Å². The van der Waals surface area contributed by atoms with Gasteiger partial charge in [-0.25, -0.2) is 19.5 Å². The lowest BCUT2D eigenvalue weighted by Gasteiger charge is -2.38. The molecule has 10 nitrogen and oxygen atoms in total. The van der Waals surface area contributed by atoms with Gasteiger partial charge in [0, 0.05) is 55.9 Å². The number of hydrogen-bond acceptors (Lipinski definition) is 10. The number of imidazole rings is 1. The van der Waals surface area contributed by atoms with Crippen LogP contribution in [0.2, 0.25) is 0 Å². The van der Waals surface area contributed by atoms with Gasteiger partial charge in [0.15, 0.2) is 5.13 Å². The van der Waals surface area contributed by atoms with Gasteiger partial charge in [0.1, 0.15) is 11.1 Å². The van der Waals surface area contributed by atoms with E-state index in [0.29, 0.717) is 5.82 Å². The number of piperazine rings is 1. The lowest BCUT2D eigenvalue weighted by atomic mass is 10.4. The van der Waals surface area contributed by atoms with Crippen LogP contribution in [-0.4, -0.2) is 55.2 Å². The summed E-state index contributed by atoms with van der Waals surface area (Å²) in [5.74, 6) is 0.556. The maximum Gasteiger partial charge on any atom is 0.342 e. The standard InChI is InChI=1S/C13H16N8O2S2/c1-17-11(20(22)23)9-15-12(17)10-8-16-21(25-10)19-5-3-18(4-6-19)13-14-2-7-24-13/h2,7-9,16H,3-6H2,1H3. The van der Waals surface area contributed by atoms with Gasteiger partial charge in [-0.15, -0.1) is 11.3 Å². The van der Waals surface area contributed by atoms with E-state index in [9.17, 15) is 10.1 Å². The third-order valence-corrected chi connectivity index (χ3v) is 5.90. The number of nitro groups is 1. The van der Waals surface area contributed by atoms with Crippen molar-refractivity contribution in [2.45, 2.75) is 0 Å². The van der Waals surface area contributed by atoms with Gasteiger partial charge in [-0.2, -0.15) is 0 Å². The monoisotopic (exact) mass is 380 g/mol. The highest BCUT2D eigenvalue weighted by Crippen LogP contribution is 2.35. The topological polar surface area (TPSA) is 95.6 Å². The predicted octanol–water partition coefficient (Wildman–Crippen LogP) is 1.29. The van der Waals surface area contributed by atoms with Crippen LogP contribution in [0.5, 0.6) is 0 Å². The zero-order chi connectivity index (χ0) is 17.4. The normalized spacial score (nSPS) is 19.1. The van der Waals surface area contributed by atoms with Crippen molar-refractivity contribution >= 4 is 39.1 Å². The molecule has 2 aliphatic rings. The molecule has 132 valence electrons. The molecule has 0 saturated carbocycles. The maximum absolute atomic E-state index is 11.0. The van der Waals surface area contributed by atoms with E-state index in [1.165, 1.54) is 22.7 Å². The highest BCUT2D eigenvalue weighted by molar-refractivity contribution is 8.06. The van der Waals surface area contributed by atoms with Crippen LogP contribution in [0.15, 0.2) is 24.0 Å². The van der Waals surface area contributed by atoms with Gasteiger partial charge in [-0.05, 0) is 4.92 Å².